The van der Waals surface area contributed by atoms with E-state index < -0.39 is 0 Å². The zero-order valence-electron chi connectivity index (χ0n) is 10.9. The minimum absolute atomic E-state index is 0.692. The molecular formula is C16H19BrClN. The molecule has 1 aromatic rings. The molecule has 2 bridgehead atoms. The van der Waals surface area contributed by atoms with Crippen molar-refractivity contribution in [2.45, 2.75) is 38.1 Å². The van der Waals surface area contributed by atoms with Gasteiger partial charge < -0.3 is 5.32 Å². The van der Waals surface area contributed by atoms with Crippen molar-refractivity contribution in [3.63, 3.8) is 0 Å². The molecule has 0 radical (unpaired) electrons. The number of rotatable bonds is 2. The Morgan fingerprint density at radius 3 is 2.79 bits per heavy atom. The maximum absolute atomic E-state index is 6.06. The molecule has 19 heavy (non-hydrogen) atoms. The largest absolute Gasteiger partial charge is 0.382 e. The third kappa shape index (κ3) is 2.03. The SMILES string of the molecule is Clc1ccc(NC2CC3CC2C2CCCC32)cc1Br. The van der Waals surface area contributed by atoms with E-state index in [1.165, 1.54) is 37.8 Å². The maximum Gasteiger partial charge on any atom is 0.0549 e. The third-order valence-corrected chi connectivity index (χ3v) is 6.91. The van der Waals surface area contributed by atoms with Crippen LogP contribution in [0, 0.1) is 23.7 Å². The summed E-state index contributed by atoms with van der Waals surface area (Å²) in [4.78, 5) is 0. The van der Waals surface area contributed by atoms with Crippen LogP contribution in [0.4, 0.5) is 5.69 Å². The van der Waals surface area contributed by atoms with E-state index >= 15 is 0 Å². The highest BCUT2D eigenvalue weighted by Crippen LogP contribution is 2.59. The number of anilines is 1. The molecule has 3 aliphatic rings. The van der Waals surface area contributed by atoms with Gasteiger partial charge in [0, 0.05) is 16.2 Å². The molecule has 1 aromatic carbocycles. The minimum atomic E-state index is 0.692. The van der Waals surface area contributed by atoms with Crippen molar-refractivity contribution in [1.82, 2.24) is 0 Å². The molecule has 5 atom stereocenters. The van der Waals surface area contributed by atoms with Crippen LogP contribution in [0.2, 0.25) is 5.02 Å². The summed E-state index contributed by atoms with van der Waals surface area (Å²) in [6.45, 7) is 0. The Hall–Kier alpha value is -0.210. The molecule has 4 rings (SSSR count). The highest BCUT2D eigenvalue weighted by molar-refractivity contribution is 9.10. The number of benzene rings is 1. The Balaban J connectivity index is 1.51. The average molecular weight is 341 g/mol. The summed E-state index contributed by atoms with van der Waals surface area (Å²) >= 11 is 9.57. The molecule has 1 nitrogen and oxygen atoms in total. The van der Waals surface area contributed by atoms with Crippen LogP contribution < -0.4 is 5.32 Å². The first-order valence-corrected chi connectivity index (χ1v) is 8.61. The van der Waals surface area contributed by atoms with E-state index in [2.05, 4.69) is 33.4 Å². The van der Waals surface area contributed by atoms with Gasteiger partial charge in [0.15, 0.2) is 0 Å². The molecular weight excluding hydrogens is 322 g/mol. The summed E-state index contributed by atoms with van der Waals surface area (Å²) in [5, 5.41) is 4.55. The van der Waals surface area contributed by atoms with Gasteiger partial charge in [0.1, 0.15) is 0 Å². The van der Waals surface area contributed by atoms with E-state index in [9.17, 15) is 0 Å². The number of halogens is 2. The Kier molecular flexibility index (Phi) is 3.07. The zero-order valence-corrected chi connectivity index (χ0v) is 13.3. The zero-order chi connectivity index (χ0) is 13.0. The minimum Gasteiger partial charge on any atom is -0.382 e. The fraction of sp³-hybridized carbons (Fsp3) is 0.625. The van der Waals surface area contributed by atoms with Gasteiger partial charge in [0.25, 0.3) is 0 Å². The van der Waals surface area contributed by atoms with Gasteiger partial charge in [-0.05, 0) is 83.5 Å². The summed E-state index contributed by atoms with van der Waals surface area (Å²) in [6.07, 6.45) is 7.31. The van der Waals surface area contributed by atoms with Crippen LogP contribution in [-0.2, 0) is 0 Å². The van der Waals surface area contributed by atoms with Crippen LogP contribution in [0.5, 0.6) is 0 Å². The molecule has 0 spiro atoms. The first-order valence-electron chi connectivity index (χ1n) is 7.44. The van der Waals surface area contributed by atoms with Gasteiger partial charge in [-0.3, -0.25) is 0 Å². The van der Waals surface area contributed by atoms with Gasteiger partial charge >= 0.3 is 0 Å². The predicted octanol–water partition coefficient (Wildman–Crippen LogP) is 5.34. The Bertz CT molecular complexity index is 504. The number of nitrogens with one attached hydrogen (secondary N) is 1. The normalized spacial score (nSPS) is 39.6. The van der Waals surface area contributed by atoms with Crippen LogP contribution in [0.1, 0.15) is 32.1 Å². The lowest BCUT2D eigenvalue weighted by Gasteiger charge is -2.32. The topological polar surface area (TPSA) is 12.0 Å². The molecule has 0 amide bonds. The summed E-state index contributed by atoms with van der Waals surface area (Å²) in [6, 6.07) is 6.88. The number of hydrogen-bond acceptors (Lipinski definition) is 1. The van der Waals surface area contributed by atoms with E-state index in [-0.39, 0.29) is 0 Å². The van der Waals surface area contributed by atoms with E-state index in [1.807, 2.05) is 6.07 Å². The molecule has 0 heterocycles. The first-order chi connectivity index (χ1) is 9.22. The lowest BCUT2D eigenvalue weighted by atomic mass is 9.79. The standard InChI is InChI=1S/C16H19BrClN/c17-14-8-10(4-5-15(14)18)19-16-7-9-6-13(16)12-3-1-2-11(9)12/h4-5,8-9,11-13,16,19H,1-3,6-7H2. The Morgan fingerprint density at radius 2 is 1.95 bits per heavy atom. The van der Waals surface area contributed by atoms with E-state index in [0.29, 0.717) is 6.04 Å². The van der Waals surface area contributed by atoms with Crippen LogP contribution >= 0.6 is 27.5 Å². The highest BCUT2D eigenvalue weighted by atomic mass is 79.9. The molecule has 102 valence electrons. The van der Waals surface area contributed by atoms with Gasteiger partial charge in [-0.25, -0.2) is 0 Å². The molecule has 3 aliphatic carbocycles. The Morgan fingerprint density at radius 1 is 1.11 bits per heavy atom. The fourth-order valence-electron chi connectivity index (χ4n) is 5.03. The maximum atomic E-state index is 6.06. The van der Waals surface area contributed by atoms with Gasteiger partial charge in [-0.15, -0.1) is 0 Å². The monoisotopic (exact) mass is 339 g/mol. The van der Waals surface area contributed by atoms with Crippen molar-refractivity contribution >= 4 is 33.2 Å². The third-order valence-electron chi connectivity index (χ3n) is 5.70. The van der Waals surface area contributed by atoms with Crippen molar-refractivity contribution < 1.29 is 0 Å². The van der Waals surface area contributed by atoms with Gasteiger partial charge in [0.2, 0.25) is 0 Å². The summed E-state index contributed by atoms with van der Waals surface area (Å²) < 4.78 is 0.987. The van der Waals surface area contributed by atoms with Crippen molar-refractivity contribution in [2.24, 2.45) is 23.7 Å². The average Bonchev–Trinajstić information content (AvgIpc) is 3.05. The molecule has 3 saturated carbocycles. The number of hydrogen-bond donors (Lipinski definition) is 1. The fourth-order valence-corrected chi connectivity index (χ4v) is 5.53. The van der Waals surface area contributed by atoms with Crippen molar-refractivity contribution in [3.05, 3.63) is 27.7 Å². The summed E-state index contributed by atoms with van der Waals surface area (Å²) in [5.41, 5.74) is 1.21. The molecule has 0 aliphatic heterocycles. The van der Waals surface area contributed by atoms with Crippen molar-refractivity contribution in [2.75, 3.05) is 5.32 Å². The smallest absolute Gasteiger partial charge is 0.0549 e. The van der Waals surface area contributed by atoms with Gasteiger partial charge in [-0.1, -0.05) is 18.0 Å². The van der Waals surface area contributed by atoms with Crippen molar-refractivity contribution in [3.8, 4) is 0 Å². The van der Waals surface area contributed by atoms with E-state index in [1.54, 1.807) is 0 Å². The molecule has 1 N–H and O–H groups in total. The van der Waals surface area contributed by atoms with Gasteiger partial charge in [-0.2, -0.15) is 0 Å². The lowest BCUT2D eigenvalue weighted by Crippen LogP contribution is -2.33. The van der Waals surface area contributed by atoms with Gasteiger partial charge in [0.05, 0.1) is 5.02 Å². The van der Waals surface area contributed by atoms with E-state index in [0.717, 1.165) is 33.2 Å². The summed E-state index contributed by atoms with van der Waals surface area (Å²) in [7, 11) is 0. The molecule has 0 aromatic heterocycles. The number of fused-ring (bicyclic) bond motifs is 5. The second-order valence-corrected chi connectivity index (χ2v) is 7.80. The molecule has 0 saturated heterocycles. The predicted molar refractivity (Wildman–Crippen MR) is 83.6 cm³/mol. The van der Waals surface area contributed by atoms with Crippen LogP contribution in [0.25, 0.3) is 0 Å². The van der Waals surface area contributed by atoms with Crippen molar-refractivity contribution in [1.29, 1.82) is 0 Å². The molecule has 3 heteroatoms. The van der Waals surface area contributed by atoms with Crippen LogP contribution in [-0.4, -0.2) is 6.04 Å². The first kappa shape index (κ1) is 12.5. The van der Waals surface area contributed by atoms with Crippen LogP contribution in [0.15, 0.2) is 22.7 Å². The Labute approximate surface area is 128 Å². The second-order valence-electron chi connectivity index (χ2n) is 6.53. The van der Waals surface area contributed by atoms with E-state index in [4.69, 9.17) is 11.6 Å². The second kappa shape index (κ2) is 4.66. The quantitative estimate of drug-likeness (QED) is 0.766. The summed E-state index contributed by atoms with van der Waals surface area (Å²) in [5.74, 6) is 4.02. The van der Waals surface area contributed by atoms with Crippen LogP contribution in [0.3, 0.4) is 0 Å². The molecule has 5 unspecified atom stereocenters. The lowest BCUT2D eigenvalue weighted by molar-refractivity contribution is 0.243. The molecule has 3 fully saturated rings. The highest BCUT2D eigenvalue weighted by Gasteiger charge is 2.53.